The van der Waals surface area contributed by atoms with Crippen molar-refractivity contribution >= 4 is 21.6 Å². The predicted molar refractivity (Wildman–Crippen MR) is 68.6 cm³/mol. The van der Waals surface area contributed by atoms with Crippen molar-refractivity contribution in [3.63, 3.8) is 0 Å². The van der Waals surface area contributed by atoms with Crippen LogP contribution in [0.1, 0.15) is 19.3 Å². The average Bonchev–Trinajstić information content (AvgIpc) is 2.27. The zero-order valence-corrected chi connectivity index (χ0v) is 11.3. The quantitative estimate of drug-likeness (QED) is 0.473. The topological polar surface area (TPSA) is 52.4 Å². The van der Waals surface area contributed by atoms with Crippen LogP contribution in [0.5, 0.6) is 5.75 Å². The highest BCUT2D eigenvalue weighted by atomic mass is 79.9. The van der Waals surface area contributed by atoms with E-state index in [1.807, 2.05) is 0 Å². The van der Waals surface area contributed by atoms with Crippen LogP contribution < -0.4 is 4.74 Å². The molecule has 1 aliphatic carbocycles. The standard InChI is InChI=1S/C12H13BrFNO3/c13-7-12(4-1-5-12)8-18-9-2-3-11(15(16)17)10(14)6-9/h2-3,6H,1,4-5,7-8H2. The molecule has 4 nitrogen and oxygen atoms in total. The smallest absolute Gasteiger partial charge is 0.305 e. The fraction of sp³-hybridized carbons (Fsp3) is 0.500. The highest BCUT2D eigenvalue weighted by Gasteiger charge is 2.36. The molecule has 98 valence electrons. The van der Waals surface area contributed by atoms with E-state index < -0.39 is 16.4 Å². The minimum absolute atomic E-state index is 0.137. The SMILES string of the molecule is O=[N+]([O-])c1ccc(OCC2(CBr)CCC2)cc1F. The summed E-state index contributed by atoms with van der Waals surface area (Å²) >= 11 is 3.46. The third-order valence-corrected chi connectivity index (χ3v) is 4.55. The highest BCUT2D eigenvalue weighted by molar-refractivity contribution is 9.09. The van der Waals surface area contributed by atoms with Crippen molar-refractivity contribution in [2.75, 3.05) is 11.9 Å². The molecule has 1 aliphatic rings. The molecule has 0 N–H and O–H groups in total. The number of benzene rings is 1. The van der Waals surface area contributed by atoms with Gasteiger partial charge in [0.25, 0.3) is 0 Å². The van der Waals surface area contributed by atoms with Crippen molar-refractivity contribution < 1.29 is 14.1 Å². The molecular weight excluding hydrogens is 305 g/mol. The molecule has 1 saturated carbocycles. The Morgan fingerprint density at radius 3 is 2.67 bits per heavy atom. The number of nitrogens with zero attached hydrogens (tertiary/aromatic N) is 1. The van der Waals surface area contributed by atoms with Gasteiger partial charge in [-0.25, -0.2) is 0 Å². The Balaban J connectivity index is 2.02. The molecule has 0 bridgehead atoms. The summed E-state index contributed by atoms with van der Waals surface area (Å²) in [5.41, 5.74) is -0.390. The second-order valence-corrected chi connectivity index (χ2v) is 5.21. The molecule has 18 heavy (non-hydrogen) atoms. The summed E-state index contributed by atoms with van der Waals surface area (Å²) in [7, 11) is 0. The van der Waals surface area contributed by atoms with Gasteiger partial charge in [-0.1, -0.05) is 22.4 Å². The summed E-state index contributed by atoms with van der Waals surface area (Å²) in [6, 6.07) is 3.63. The highest BCUT2D eigenvalue weighted by Crippen LogP contribution is 2.42. The van der Waals surface area contributed by atoms with Crippen LogP contribution in [0.3, 0.4) is 0 Å². The van der Waals surface area contributed by atoms with Gasteiger partial charge >= 0.3 is 5.69 Å². The molecule has 0 saturated heterocycles. The number of nitro benzene ring substituents is 1. The van der Waals surface area contributed by atoms with Crippen LogP contribution >= 0.6 is 15.9 Å². The number of hydrogen-bond donors (Lipinski definition) is 0. The lowest BCUT2D eigenvalue weighted by Crippen LogP contribution is -2.37. The van der Waals surface area contributed by atoms with Gasteiger partial charge in [-0.15, -0.1) is 0 Å². The van der Waals surface area contributed by atoms with Gasteiger partial charge < -0.3 is 4.74 Å². The number of alkyl halides is 1. The molecular formula is C12H13BrFNO3. The Morgan fingerprint density at radius 2 is 2.22 bits per heavy atom. The maximum absolute atomic E-state index is 13.4. The van der Waals surface area contributed by atoms with Crippen molar-refractivity contribution in [3.05, 3.63) is 34.1 Å². The summed E-state index contributed by atoms with van der Waals surface area (Å²) in [6.07, 6.45) is 3.37. The first-order valence-corrected chi connectivity index (χ1v) is 6.81. The van der Waals surface area contributed by atoms with E-state index in [4.69, 9.17) is 4.74 Å². The fourth-order valence-electron chi connectivity index (χ4n) is 1.96. The lowest BCUT2D eigenvalue weighted by Gasteiger charge is -2.39. The maximum atomic E-state index is 13.4. The molecule has 1 aromatic carbocycles. The molecule has 0 radical (unpaired) electrons. The van der Waals surface area contributed by atoms with Gasteiger partial charge in [-0.2, -0.15) is 4.39 Å². The Hall–Kier alpha value is -1.17. The van der Waals surface area contributed by atoms with E-state index in [0.717, 1.165) is 30.3 Å². The number of ether oxygens (including phenoxy) is 1. The maximum Gasteiger partial charge on any atom is 0.305 e. The summed E-state index contributed by atoms with van der Waals surface area (Å²) in [5, 5.41) is 11.3. The fourth-order valence-corrected chi connectivity index (χ4v) is 2.68. The molecule has 0 aromatic heterocycles. The Kier molecular flexibility index (Phi) is 3.85. The molecule has 0 aliphatic heterocycles. The van der Waals surface area contributed by atoms with Gasteiger partial charge in [0.2, 0.25) is 5.82 Å². The van der Waals surface area contributed by atoms with Gasteiger partial charge in [0.05, 0.1) is 11.5 Å². The largest absolute Gasteiger partial charge is 0.493 e. The molecule has 6 heteroatoms. The van der Waals surface area contributed by atoms with Crippen LogP contribution in [0.4, 0.5) is 10.1 Å². The van der Waals surface area contributed by atoms with E-state index in [9.17, 15) is 14.5 Å². The molecule has 0 amide bonds. The van der Waals surface area contributed by atoms with Gasteiger partial charge in [-0.3, -0.25) is 10.1 Å². The molecule has 0 atom stereocenters. The van der Waals surface area contributed by atoms with Crippen LogP contribution in [0.25, 0.3) is 0 Å². The zero-order chi connectivity index (χ0) is 13.2. The van der Waals surface area contributed by atoms with E-state index in [-0.39, 0.29) is 5.41 Å². The number of hydrogen-bond acceptors (Lipinski definition) is 3. The monoisotopic (exact) mass is 317 g/mol. The third-order valence-electron chi connectivity index (χ3n) is 3.36. The van der Waals surface area contributed by atoms with Crippen LogP contribution in [-0.4, -0.2) is 16.9 Å². The molecule has 0 heterocycles. The Bertz CT molecular complexity index is 457. The lowest BCUT2D eigenvalue weighted by atomic mass is 9.71. The Labute approximate surface area is 112 Å². The molecule has 1 fully saturated rings. The number of halogens is 2. The van der Waals surface area contributed by atoms with Gasteiger partial charge in [-0.05, 0) is 18.9 Å². The van der Waals surface area contributed by atoms with E-state index in [0.29, 0.717) is 12.4 Å². The third kappa shape index (κ3) is 2.63. The van der Waals surface area contributed by atoms with Crippen LogP contribution in [-0.2, 0) is 0 Å². The van der Waals surface area contributed by atoms with Gasteiger partial charge in [0.15, 0.2) is 0 Å². The first kappa shape index (κ1) is 13.3. The average molecular weight is 318 g/mol. The predicted octanol–water partition coefficient (Wildman–Crippen LogP) is 3.68. The van der Waals surface area contributed by atoms with Gasteiger partial charge in [0, 0.05) is 22.9 Å². The minimum Gasteiger partial charge on any atom is -0.493 e. The van der Waals surface area contributed by atoms with E-state index >= 15 is 0 Å². The summed E-state index contributed by atoms with van der Waals surface area (Å²) in [4.78, 5) is 9.73. The second-order valence-electron chi connectivity index (χ2n) is 4.65. The summed E-state index contributed by atoms with van der Waals surface area (Å²) in [5.74, 6) is -0.524. The van der Waals surface area contributed by atoms with Gasteiger partial charge in [0.1, 0.15) is 5.75 Å². The van der Waals surface area contributed by atoms with E-state index in [2.05, 4.69) is 15.9 Å². The minimum atomic E-state index is -0.862. The van der Waals surface area contributed by atoms with Crippen molar-refractivity contribution in [1.82, 2.24) is 0 Å². The van der Waals surface area contributed by atoms with Crippen molar-refractivity contribution in [3.8, 4) is 5.75 Å². The lowest BCUT2D eigenvalue weighted by molar-refractivity contribution is -0.387. The molecule has 2 rings (SSSR count). The number of nitro groups is 1. The Morgan fingerprint density at radius 1 is 1.50 bits per heavy atom. The summed E-state index contributed by atoms with van der Waals surface area (Å²) < 4.78 is 18.9. The molecule has 0 unspecified atom stereocenters. The van der Waals surface area contributed by atoms with Crippen LogP contribution in [0.15, 0.2) is 18.2 Å². The number of rotatable bonds is 5. The molecule has 0 spiro atoms. The van der Waals surface area contributed by atoms with Crippen molar-refractivity contribution in [2.24, 2.45) is 5.41 Å². The summed E-state index contributed by atoms with van der Waals surface area (Å²) in [6.45, 7) is 0.509. The van der Waals surface area contributed by atoms with E-state index in [1.54, 1.807) is 0 Å². The van der Waals surface area contributed by atoms with Crippen molar-refractivity contribution in [2.45, 2.75) is 19.3 Å². The van der Waals surface area contributed by atoms with E-state index in [1.165, 1.54) is 12.5 Å². The van der Waals surface area contributed by atoms with Crippen LogP contribution in [0.2, 0.25) is 0 Å². The normalized spacial score (nSPS) is 17.0. The second kappa shape index (κ2) is 5.22. The van der Waals surface area contributed by atoms with Crippen LogP contribution in [0, 0.1) is 21.3 Å². The molecule has 1 aromatic rings. The van der Waals surface area contributed by atoms with Crippen molar-refractivity contribution in [1.29, 1.82) is 0 Å². The first-order chi connectivity index (χ1) is 8.56. The zero-order valence-electron chi connectivity index (χ0n) is 9.70. The first-order valence-electron chi connectivity index (χ1n) is 5.69.